The van der Waals surface area contributed by atoms with Gasteiger partial charge in [0, 0.05) is 6.54 Å². The Hall–Kier alpha value is -2.53. The lowest BCUT2D eigenvalue weighted by atomic mass is 10.1. The van der Waals surface area contributed by atoms with Gasteiger partial charge in [-0.25, -0.2) is 0 Å². The van der Waals surface area contributed by atoms with Crippen molar-refractivity contribution in [3.8, 4) is 17.6 Å². The number of rotatable bonds is 5. The highest BCUT2D eigenvalue weighted by Gasteiger charge is 2.09. The van der Waals surface area contributed by atoms with Crippen molar-refractivity contribution in [1.82, 2.24) is 5.32 Å². The molecule has 0 bridgehead atoms. The second-order valence-corrected chi connectivity index (χ2v) is 6.07. The molecule has 6 heteroatoms. The first-order chi connectivity index (χ1) is 11.5. The summed E-state index contributed by atoms with van der Waals surface area (Å²) >= 11 is 1.98. The summed E-state index contributed by atoms with van der Waals surface area (Å²) in [5.74, 6) is 0.455. The van der Waals surface area contributed by atoms with Gasteiger partial charge in [0.05, 0.1) is 10.7 Å². The maximum atomic E-state index is 12.1. The maximum Gasteiger partial charge on any atom is 0.262 e. The number of methoxy groups -OCH3 is 1. The van der Waals surface area contributed by atoms with Crippen LogP contribution in [-0.4, -0.2) is 18.1 Å². The van der Waals surface area contributed by atoms with Gasteiger partial charge in [-0.2, -0.15) is 5.26 Å². The quantitative estimate of drug-likeness (QED) is 0.430. The molecule has 2 aromatic rings. The first kappa shape index (κ1) is 17.8. The predicted molar refractivity (Wildman–Crippen MR) is 99.3 cm³/mol. The van der Waals surface area contributed by atoms with Crippen LogP contribution in [-0.2, 0) is 11.3 Å². The molecule has 0 fully saturated rings. The molecule has 0 radical (unpaired) electrons. The third kappa shape index (κ3) is 4.73. The van der Waals surface area contributed by atoms with Crippen LogP contribution in [0.3, 0.4) is 0 Å². The van der Waals surface area contributed by atoms with Crippen LogP contribution in [0.5, 0.6) is 11.5 Å². The van der Waals surface area contributed by atoms with E-state index >= 15 is 0 Å². The summed E-state index contributed by atoms with van der Waals surface area (Å²) in [6.07, 6.45) is 1.49. The summed E-state index contributed by atoms with van der Waals surface area (Å²) in [7, 11) is 1.59. The molecule has 0 saturated carbocycles. The van der Waals surface area contributed by atoms with Crippen LogP contribution in [0.1, 0.15) is 11.1 Å². The van der Waals surface area contributed by atoms with Crippen LogP contribution in [0.15, 0.2) is 48.0 Å². The Kier molecular flexibility index (Phi) is 6.21. The van der Waals surface area contributed by atoms with Crippen LogP contribution in [0.4, 0.5) is 0 Å². The minimum Gasteiger partial charge on any atom is -0.507 e. The molecule has 0 aromatic heterocycles. The van der Waals surface area contributed by atoms with Crippen LogP contribution in [0.2, 0.25) is 0 Å². The minimum atomic E-state index is -0.448. The Morgan fingerprint density at radius 1 is 1.33 bits per heavy atom. The van der Waals surface area contributed by atoms with E-state index in [2.05, 4.69) is 5.32 Å². The third-order valence-electron chi connectivity index (χ3n) is 3.26. The van der Waals surface area contributed by atoms with Gasteiger partial charge < -0.3 is 15.2 Å². The molecule has 0 aliphatic heterocycles. The van der Waals surface area contributed by atoms with Crippen LogP contribution in [0, 0.1) is 14.9 Å². The third-order valence-corrected chi connectivity index (χ3v) is 4.12. The fraction of sp³-hybridized carbons (Fsp3) is 0.111. The average Bonchev–Trinajstić information content (AvgIpc) is 2.61. The zero-order chi connectivity index (χ0) is 17.5. The number of benzene rings is 2. The van der Waals surface area contributed by atoms with E-state index in [4.69, 9.17) is 4.74 Å². The van der Waals surface area contributed by atoms with Gasteiger partial charge in [0.2, 0.25) is 0 Å². The maximum absolute atomic E-state index is 12.1. The van der Waals surface area contributed by atoms with Crippen LogP contribution in [0.25, 0.3) is 6.08 Å². The Morgan fingerprint density at radius 2 is 2.04 bits per heavy atom. The number of nitrogens with zero attached hydrogens (tertiary/aromatic N) is 1. The molecule has 2 rings (SSSR count). The Bertz CT molecular complexity index is 808. The van der Waals surface area contributed by atoms with Crippen molar-refractivity contribution in [3.63, 3.8) is 0 Å². The van der Waals surface area contributed by atoms with Gasteiger partial charge in [-0.15, -0.1) is 0 Å². The first-order valence-electron chi connectivity index (χ1n) is 7.05. The topological polar surface area (TPSA) is 82.3 Å². The normalized spacial score (nSPS) is 10.8. The zero-order valence-corrected chi connectivity index (χ0v) is 15.1. The van der Waals surface area contributed by atoms with Crippen LogP contribution < -0.4 is 10.1 Å². The van der Waals surface area contributed by atoms with Crippen molar-refractivity contribution in [1.29, 1.82) is 5.26 Å². The highest BCUT2D eigenvalue weighted by Crippen LogP contribution is 2.21. The molecule has 0 unspecified atom stereocenters. The Labute approximate surface area is 153 Å². The average molecular weight is 434 g/mol. The molecule has 2 N–H and O–H groups in total. The fourth-order valence-electron chi connectivity index (χ4n) is 1.95. The van der Waals surface area contributed by atoms with E-state index in [0.717, 1.165) is 11.3 Å². The van der Waals surface area contributed by atoms with Crippen molar-refractivity contribution in [2.45, 2.75) is 6.54 Å². The molecule has 0 spiro atoms. The number of aromatic hydroxyl groups is 1. The number of phenolic OH excluding ortho intramolecular Hbond substituents is 1. The number of hydrogen-bond acceptors (Lipinski definition) is 4. The molecule has 0 aliphatic rings. The van der Waals surface area contributed by atoms with Gasteiger partial charge in [0.1, 0.15) is 23.1 Å². The molecule has 5 nitrogen and oxygen atoms in total. The molecule has 122 valence electrons. The van der Waals surface area contributed by atoms with Crippen LogP contribution >= 0.6 is 22.6 Å². The summed E-state index contributed by atoms with van der Waals surface area (Å²) in [5.41, 5.74) is 1.58. The number of hydrogen-bond donors (Lipinski definition) is 2. The number of ether oxygens (including phenoxy) is 1. The summed E-state index contributed by atoms with van der Waals surface area (Å²) in [4.78, 5) is 12.1. The molecule has 2 aromatic carbocycles. The SMILES string of the molecule is COc1ccc(CNC(=O)/C(C#N)=C\c2ccc(O)c(I)c2)cc1. The summed E-state index contributed by atoms with van der Waals surface area (Å²) in [6.45, 7) is 0.314. The van der Waals surface area contributed by atoms with E-state index in [1.165, 1.54) is 12.1 Å². The van der Waals surface area contributed by atoms with Crippen molar-refractivity contribution < 1.29 is 14.6 Å². The summed E-state index contributed by atoms with van der Waals surface area (Å²) in [6, 6.07) is 14.1. The lowest BCUT2D eigenvalue weighted by Gasteiger charge is -2.06. The lowest BCUT2D eigenvalue weighted by Crippen LogP contribution is -2.23. The van der Waals surface area contributed by atoms with E-state index in [0.29, 0.717) is 15.7 Å². The molecule has 0 heterocycles. The van der Waals surface area contributed by atoms with E-state index < -0.39 is 5.91 Å². The monoisotopic (exact) mass is 434 g/mol. The molecule has 0 saturated heterocycles. The number of nitrogens with one attached hydrogen (secondary N) is 1. The van der Waals surface area contributed by atoms with Gasteiger partial charge in [-0.1, -0.05) is 18.2 Å². The minimum absolute atomic E-state index is 0.00463. The van der Waals surface area contributed by atoms with Crippen molar-refractivity contribution in [2.24, 2.45) is 0 Å². The number of carbonyl (C=O) groups is 1. The standard InChI is InChI=1S/C18H15IN2O3/c1-24-15-5-2-12(3-6-15)11-21-18(23)14(10-20)8-13-4-7-17(22)16(19)9-13/h2-9,22H,11H2,1H3,(H,21,23)/b14-8-. The molecule has 24 heavy (non-hydrogen) atoms. The van der Waals surface area contributed by atoms with Crippen molar-refractivity contribution in [2.75, 3.05) is 7.11 Å². The van der Waals surface area contributed by atoms with Crippen molar-refractivity contribution in [3.05, 3.63) is 62.7 Å². The highest BCUT2D eigenvalue weighted by atomic mass is 127. The number of amides is 1. The molecular formula is C18H15IN2O3. The smallest absolute Gasteiger partial charge is 0.262 e. The second-order valence-electron chi connectivity index (χ2n) is 4.91. The number of halogens is 1. The Balaban J connectivity index is 2.06. The number of phenols is 1. The first-order valence-corrected chi connectivity index (χ1v) is 8.13. The second kappa shape index (κ2) is 8.36. The van der Waals surface area contributed by atoms with Gasteiger partial charge in [0.15, 0.2) is 0 Å². The van der Waals surface area contributed by atoms with Crippen molar-refractivity contribution >= 4 is 34.6 Å². The van der Waals surface area contributed by atoms with E-state index in [-0.39, 0.29) is 11.3 Å². The van der Waals surface area contributed by atoms with Gasteiger partial charge in [0.25, 0.3) is 5.91 Å². The molecular weight excluding hydrogens is 419 g/mol. The summed E-state index contributed by atoms with van der Waals surface area (Å²) < 4.78 is 5.73. The predicted octanol–water partition coefficient (Wildman–Crippen LogP) is 3.23. The molecule has 0 atom stereocenters. The molecule has 0 aliphatic carbocycles. The number of carbonyl (C=O) groups excluding carboxylic acids is 1. The molecule has 1 amide bonds. The van der Waals surface area contributed by atoms with Gasteiger partial charge in [-0.3, -0.25) is 4.79 Å². The summed E-state index contributed by atoms with van der Waals surface area (Å²) in [5, 5.41) is 21.4. The van der Waals surface area contributed by atoms with E-state index in [9.17, 15) is 15.2 Å². The number of nitriles is 1. The van der Waals surface area contributed by atoms with E-state index in [1.807, 2.05) is 40.8 Å². The highest BCUT2D eigenvalue weighted by molar-refractivity contribution is 14.1. The fourth-order valence-corrected chi connectivity index (χ4v) is 2.49. The largest absolute Gasteiger partial charge is 0.507 e. The van der Waals surface area contributed by atoms with Gasteiger partial charge in [-0.05, 0) is 64.1 Å². The van der Waals surface area contributed by atoms with E-state index in [1.54, 1.807) is 31.4 Å². The zero-order valence-electron chi connectivity index (χ0n) is 12.9. The lowest BCUT2D eigenvalue weighted by molar-refractivity contribution is -0.117. The Morgan fingerprint density at radius 3 is 2.62 bits per heavy atom. The van der Waals surface area contributed by atoms with Gasteiger partial charge >= 0.3 is 0 Å².